The summed E-state index contributed by atoms with van der Waals surface area (Å²) >= 11 is 6.31. The third kappa shape index (κ3) is 4.57. The molecule has 4 rings (SSSR count). The molecule has 6 nitrogen and oxygen atoms in total. The molecular weight excluding hydrogens is 426 g/mol. The van der Waals surface area contributed by atoms with E-state index in [0.29, 0.717) is 22.9 Å². The summed E-state index contributed by atoms with van der Waals surface area (Å²) in [5, 5.41) is 1.70. The van der Waals surface area contributed by atoms with Gasteiger partial charge in [0.2, 0.25) is 5.91 Å². The zero-order valence-electron chi connectivity index (χ0n) is 18.9. The maximum atomic E-state index is 13.4. The number of halogens is 1. The van der Waals surface area contributed by atoms with Crippen molar-refractivity contribution in [1.29, 1.82) is 0 Å². The number of likely N-dealkylation sites (N-methyl/N-ethyl adjacent to an activating group) is 1. The van der Waals surface area contributed by atoms with Gasteiger partial charge in [-0.25, -0.2) is 0 Å². The van der Waals surface area contributed by atoms with E-state index < -0.39 is 0 Å². The second-order valence-corrected chi connectivity index (χ2v) is 8.56. The number of piperazine rings is 1. The second kappa shape index (κ2) is 9.84. The predicted molar refractivity (Wildman–Crippen MR) is 128 cm³/mol. The number of ether oxygens (including phenoxy) is 2. The molecule has 3 aromatic rings. The van der Waals surface area contributed by atoms with Crippen molar-refractivity contribution in [2.24, 2.45) is 0 Å². The van der Waals surface area contributed by atoms with Gasteiger partial charge in [0.25, 0.3) is 0 Å². The van der Waals surface area contributed by atoms with Crippen molar-refractivity contribution in [3.8, 4) is 11.5 Å². The van der Waals surface area contributed by atoms with E-state index in [9.17, 15) is 4.79 Å². The number of amides is 1. The summed E-state index contributed by atoms with van der Waals surface area (Å²) in [5.74, 6) is 1.34. The van der Waals surface area contributed by atoms with E-state index in [-0.39, 0.29) is 11.8 Å². The van der Waals surface area contributed by atoms with Gasteiger partial charge in [-0.3, -0.25) is 4.79 Å². The Morgan fingerprint density at radius 3 is 2.50 bits per heavy atom. The van der Waals surface area contributed by atoms with Gasteiger partial charge in [-0.2, -0.15) is 0 Å². The molecule has 1 atom stereocenters. The summed E-state index contributed by atoms with van der Waals surface area (Å²) in [6.45, 7) is 6.56. The highest BCUT2D eigenvalue weighted by Gasteiger charge is 2.27. The van der Waals surface area contributed by atoms with Crippen LogP contribution in [0.5, 0.6) is 11.5 Å². The van der Waals surface area contributed by atoms with Crippen molar-refractivity contribution in [2.45, 2.75) is 19.3 Å². The number of carbonyl (C=O) groups is 1. The summed E-state index contributed by atoms with van der Waals surface area (Å²) in [5.41, 5.74) is 3.05. The minimum absolute atomic E-state index is 0.140. The zero-order chi connectivity index (χ0) is 22.7. The smallest absolute Gasteiger partial charge is 0.223 e. The van der Waals surface area contributed by atoms with Crippen LogP contribution in [0.25, 0.3) is 10.9 Å². The van der Waals surface area contributed by atoms with Crippen molar-refractivity contribution >= 4 is 28.4 Å². The lowest BCUT2D eigenvalue weighted by molar-refractivity contribution is -0.133. The molecule has 1 fully saturated rings. The third-order valence-corrected chi connectivity index (χ3v) is 6.65. The molecule has 1 amide bonds. The number of H-pyrrole nitrogens is 1. The fraction of sp³-hybridized carbons (Fsp3) is 0.400. The van der Waals surface area contributed by atoms with E-state index >= 15 is 0 Å². The predicted octanol–water partition coefficient (Wildman–Crippen LogP) is 4.52. The molecule has 2 heterocycles. The number of nitrogens with zero attached hydrogens (tertiary/aromatic N) is 2. The lowest BCUT2D eigenvalue weighted by Crippen LogP contribution is -2.48. The van der Waals surface area contributed by atoms with Crippen molar-refractivity contribution in [1.82, 2.24) is 14.8 Å². The van der Waals surface area contributed by atoms with Crippen LogP contribution >= 0.6 is 11.6 Å². The SMILES string of the molecule is CCN1CCN(C(=O)C[C@@H](c2ccc(OC)c(OC)c2)c2c[nH]c3ccc(Cl)cc23)CC1. The van der Waals surface area contributed by atoms with Crippen LogP contribution < -0.4 is 9.47 Å². The summed E-state index contributed by atoms with van der Waals surface area (Å²) in [6, 6.07) is 11.7. The first-order valence-electron chi connectivity index (χ1n) is 11.0. The zero-order valence-corrected chi connectivity index (χ0v) is 19.6. The van der Waals surface area contributed by atoms with Crippen LogP contribution in [0.3, 0.4) is 0 Å². The number of methoxy groups -OCH3 is 2. The molecule has 32 heavy (non-hydrogen) atoms. The van der Waals surface area contributed by atoms with Crippen molar-refractivity contribution < 1.29 is 14.3 Å². The monoisotopic (exact) mass is 455 g/mol. The Bertz CT molecular complexity index is 1090. The van der Waals surface area contributed by atoms with E-state index in [0.717, 1.165) is 54.8 Å². The number of carbonyl (C=O) groups excluding carboxylic acids is 1. The van der Waals surface area contributed by atoms with Crippen molar-refractivity contribution in [2.75, 3.05) is 46.9 Å². The first-order chi connectivity index (χ1) is 15.5. The average molecular weight is 456 g/mol. The number of nitrogens with one attached hydrogen (secondary N) is 1. The van der Waals surface area contributed by atoms with Gasteiger partial charge in [-0.15, -0.1) is 0 Å². The summed E-state index contributed by atoms with van der Waals surface area (Å²) in [4.78, 5) is 21.1. The minimum Gasteiger partial charge on any atom is -0.493 e. The molecule has 0 radical (unpaired) electrons. The van der Waals surface area contributed by atoms with Gasteiger partial charge >= 0.3 is 0 Å². The van der Waals surface area contributed by atoms with Gasteiger partial charge in [0, 0.05) is 60.6 Å². The topological polar surface area (TPSA) is 57.8 Å². The molecule has 170 valence electrons. The van der Waals surface area contributed by atoms with Crippen LogP contribution in [0.15, 0.2) is 42.6 Å². The Kier molecular flexibility index (Phi) is 6.92. The second-order valence-electron chi connectivity index (χ2n) is 8.12. The van der Waals surface area contributed by atoms with E-state index in [1.54, 1.807) is 14.2 Å². The lowest BCUT2D eigenvalue weighted by atomic mass is 9.87. The minimum atomic E-state index is -0.140. The Morgan fingerprint density at radius 1 is 1.06 bits per heavy atom. The number of aromatic nitrogens is 1. The number of fused-ring (bicyclic) bond motifs is 1. The Morgan fingerprint density at radius 2 is 1.81 bits per heavy atom. The standard InChI is InChI=1S/C25H30ClN3O3/c1-4-28-9-11-29(12-10-28)25(30)15-19(17-5-8-23(31-2)24(13-17)32-3)21-16-27-22-7-6-18(26)14-20(21)22/h5-8,13-14,16,19,27H,4,9-12,15H2,1-3H3/t19-/m0/s1. The molecular formula is C25H30ClN3O3. The summed E-state index contributed by atoms with van der Waals surface area (Å²) in [6.07, 6.45) is 2.37. The van der Waals surface area contributed by atoms with Gasteiger partial charge in [-0.1, -0.05) is 24.6 Å². The summed E-state index contributed by atoms with van der Waals surface area (Å²) < 4.78 is 11.0. The quantitative estimate of drug-likeness (QED) is 0.569. The number of benzene rings is 2. The third-order valence-electron chi connectivity index (χ3n) is 6.41. The molecule has 2 aromatic carbocycles. The molecule has 1 saturated heterocycles. The maximum absolute atomic E-state index is 13.4. The maximum Gasteiger partial charge on any atom is 0.223 e. The average Bonchev–Trinajstić information content (AvgIpc) is 3.24. The van der Waals surface area contributed by atoms with E-state index in [4.69, 9.17) is 21.1 Å². The highest BCUT2D eigenvalue weighted by Crippen LogP contribution is 2.38. The molecule has 7 heteroatoms. The molecule has 1 aliphatic heterocycles. The highest BCUT2D eigenvalue weighted by molar-refractivity contribution is 6.31. The molecule has 1 N–H and O–H groups in total. The van der Waals surface area contributed by atoms with Crippen molar-refractivity contribution in [3.05, 3.63) is 58.7 Å². The number of hydrogen-bond donors (Lipinski definition) is 1. The van der Waals surface area contributed by atoms with Gasteiger partial charge in [0.15, 0.2) is 11.5 Å². The normalized spacial score (nSPS) is 15.7. The molecule has 0 aliphatic carbocycles. The number of aromatic amines is 1. The number of rotatable bonds is 7. The van der Waals surface area contributed by atoms with Gasteiger partial charge in [0.1, 0.15) is 0 Å². The molecule has 0 bridgehead atoms. The molecule has 0 unspecified atom stereocenters. The van der Waals surface area contributed by atoms with E-state index in [1.807, 2.05) is 47.5 Å². The van der Waals surface area contributed by atoms with E-state index in [2.05, 4.69) is 16.8 Å². The fourth-order valence-corrected chi connectivity index (χ4v) is 4.67. The van der Waals surface area contributed by atoms with Gasteiger partial charge < -0.3 is 24.3 Å². The molecule has 0 saturated carbocycles. The molecule has 1 aliphatic rings. The Balaban J connectivity index is 1.70. The fourth-order valence-electron chi connectivity index (χ4n) is 4.50. The van der Waals surface area contributed by atoms with Crippen LogP contribution in [0.1, 0.15) is 30.4 Å². The van der Waals surface area contributed by atoms with Crippen LogP contribution in [0.4, 0.5) is 0 Å². The molecule has 0 spiro atoms. The number of hydrogen-bond acceptors (Lipinski definition) is 4. The summed E-state index contributed by atoms with van der Waals surface area (Å²) in [7, 11) is 3.25. The largest absolute Gasteiger partial charge is 0.493 e. The van der Waals surface area contributed by atoms with Crippen LogP contribution in [0, 0.1) is 0 Å². The first kappa shape index (κ1) is 22.5. The lowest BCUT2D eigenvalue weighted by Gasteiger charge is -2.35. The van der Waals surface area contributed by atoms with Crippen LogP contribution in [-0.2, 0) is 4.79 Å². The van der Waals surface area contributed by atoms with Crippen molar-refractivity contribution in [3.63, 3.8) is 0 Å². The molecule has 1 aromatic heterocycles. The van der Waals surface area contributed by atoms with E-state index in [1.165, 1.54) is 0 Å². The van der Waals surface area contributed by atoms with Gasteiger partial charge in [-0.05, 0) is 48.0 Å². The highest BCUT2D eigenvalue weighted by atomic mass is 35.5. The van der Waals surface area contributed by atoms with Crippen LogP contribution in [-0.4, -0.2) is 67.6 Å². The Labute approximate surface area is 194 Å². The van der Waals surface area contributed by atoms with Crippen LogP contribution in [0.2, 0.25) is 5.02 Å². The van der Waals surface area contributed by atoms with Gasteiger partial charge in [0.05, 0.1) is 14.2 Å². The Hall–Kier alpha value is -2.70. The first-order valence-corrected chi connectivity index (χ1v) is 11.4.